The Kier molecular flexibility index (Phi) is 5.49. The lowest BCUT2D eigenvalue weighted by Gasteiger charge is -2.17. The van der Waals surface area contributed by atoms with Crippen molar-refractivity contribution in [3.05, 3.63) is 51.3 Å². The molecule has 10 heteroatoms. The molecule has 6 nitrogen and oxygen atoms in total. The van der Waals surface area contributed by atoms with Gasteiger partial charge in [0.25, 0.3) is 15.0 Å². The summed E-state index contributed by atoms with van der Waals surface area (Å²) >= 11 is 5.81. The van der Waals surface area contributed by atoms with Gasteiger partial charge in [-0.25, -0.2) is 12.8 Å². The Labute approximate surface area is 171 Å². The van der Waals surface area contributed by atoms with Crippen LogP contribution < -0.4 is 9.47 Å². The molecule has 0 N–H and O–H groups in total. The maximum Gasteiger partial charge on any atom is 0.262 e. The third-order valence-corrected chi connectivity index (χ3v) is 6.34. The minimum absolute atomic E-state index is 0.00829. The quantitative estimate of drug-likeness (QED) is 0.650. The second-order valence-corrected chi connectivity index (χ2v) is 9.13. The lowest BCUT2D eigenvalue weighted by Crippen LogP contribution is -2.23. The molecule has 2 aromatic rings. The number of amides is 1. The molecule has 28 heavy (non-hydrogen) atoms. The highest BCUT2D eigenvalue weighted by molar-refractivity contribution is 8.13. The monoisotopic (exact) mass is 447 g/mol. The number of nitrogens with zero attached hydrogens (tertiary/aromatic N) is 1. The van der Waals surface area contributed by atoms with Crippen LogP contribution in [0.4, 0.5) is 4.39 Å². The summed E-state index contributed by atoms with van der Waals surface area (Å²) < 4.78 is 48.5. The Bertz CT molecular complexity index is 1090. The average molecular weight is 448 g/mol. The van der Waals surface area contributed by atoms with Crippen molar-refractivity contribution in [2.45, 2.75) is 24.9 Å². The minimum atomic E-state index is -4.16. The summed E-state index contributed by atoms with van der Waals surface area (Å²) in [5, 5.41) is -0.0687. The molecular weight excluding hydrogens is 432 g/mol. The van der Waals surface area contributed by atoms with Gasteiger partial charge in [0, 0.05) is 34.9 Å². The molecule has 0 spiro atoms. The molecule has 0 bridgehead atoms. The second kappa shape index (κ2) is 7.42. The van der Waals surface area contributed by atoms with Crippen LogP contribution in [0.2, 0.25) is 5.02 Å². The molecule has 0 aliphatic carbocycles. The number of hydrogen-bond donors (Lipinski definition) is 0. The highest BCUT2D eigenvalue weighted by Crippen LogP contribution is 2.46. The van der Waals surface area contributed by atoms with Crippen LogP contribution in [0.1, 0.15) is 27.0 Å². The molecule has 150 valence electrons. The second-order valence-electron chi connectivity index (χ2n) is 6.22. The molecule has 1 aliphatic heterocycles. The summed E-state index contributed by atoms with van der Waals surface area (Å²) in [6.07, 6.45) is 0. The molecule has 1 aliphatic rings. The van der Waals surface area contributed by atoms with E-state index >= 15 is 0 Å². The molecule has 0 unspecified atom stereocenters. The number of methoxy groups -OCH3 is 2. The number of halogens is 3. The van der Waals surface area contributed by atoms with Gasteiger partial charge in [-0.15, -0.1) is 0 Å². The van der Waals surface area contributed by atoms with Crippen LogP contribution in [0.3, 0.4) is 0 Å². The lowest BCUT2D eigenvalue weighted by atomic mass is 10.0. The van der Waals surface area contributed by atoms with Gasteiger partial charge in [-0.2, -0.15) is 0 Å². The molecule has 0 fully saturated rings. The fourth-order valence-corrected chi connectivity index (χ4v) is 5.17. The van der Waals surface area contributed by atoms with Crippen LogP contribution in [0, 0.1) is 12.7 Å². The van der Waals surface area contributed by atoms with E-state index < -0.39 is 20.8 Å². The van der Waals surface area contributed by atoms with Gasteiger partial charge in [0.15, 0.2) is 11.5 Å². The third kappa shape index (κ3) is 3.40. The van der Waals surface area contributed by atoms with Crippen LogP contribution >= 0.6 is 22.3 Å². The van der Waals surface area contributed by atoms with E-state index in [1.165, 1.54) is 44.2 Å². The maximum atomic E-state index is 13.4. The van der Waals surface area contributed by atoms with Crippen molar-refractivity contribution in [3.63, 3.8) is 0 Å². The first kappa shape index (κ1) is 20.7. The molecule has 3 rings (SSSR count). The van der Waals surface area contributed by atoms with Crippen molar-refractivity contribution < 1.29 is 27.1 Å². The van der Waals surface area contributed by atoms with E-state index in [1.807, 2.05) is 0 Å². The molecule has 0 aromatic heterocycles. The van der Waals surface area contributed by atoms with E-state index in [9.17, 15) is 17.6 Å². The number of rotatable bonds is 5. The summed E-state index contributed by atoms with van der Waals surface area (Å²) in [5.74, 6) is -0.754. The highest BCUT2D eigenvalue weighted by Gasteiger charge is 2.39. The van der Waals surface area contributed by atoms with Crippen molar-refractivity contribution in [1.82, 2.24) is 4.90 Å². The van der Waals surface area contributed by atoms with Crippen molar-refractivity contribution in [2.24, 2.45) is 0 Å². The van der Waals surface area contributed by atoms with Crippen LogP contribution in [0.15, 0.2) is 23.1 Å². The summed E-state index contributed by atoms with van der Waals surface area (Å²) in [4.78, 5) is 14.3. The highest BCUT2D eigenvalue weighted by atomic mass is 35.7. The predicted octanol–water partition coefficient (Wildman–Crippen LogP) is 3.89. The molecule has 0 radical (unpaired) electrons. The summed E-state index contributed by atoms with van der Waals surface area (Å²) in [7, 11) is 4.20. The van der Waals surface area contributed by atoms with Crippen LogP contribution in [0.5, 0.6) is 11.5 Å². The zero-order valence-electron chi connectivity index (χ0n) is 15.2. The van der Waals surface area contributed by atoms with Crippen molar-refractivity contribution in [3.8, 4) is 11.5 Å². The van der Waals surface area contributed by atoms with Crippen molar-refractivity contribution >= 4 is 37.2 Å². The Morgan fingerprint density at radius 2 is 1.86 bits per heavy atom. The van der Waals surface area contributed by atoms with E-state index in [0.29, 0.717) is 5.56 Å². The fourth-order valence-electron chi connectivity index (χ4n) is 3.42. The third-order valence-electron chi connectivity index (χ3n) is 4.55. The zero-order valence-corrected chi connectivity index (χ0v) is 17.5. The SMILES string of the molecule is COc1c(C)c(S(=O)(=O)Cl)c2c(c1OC)C(=O)N(Cc1ccc(F)c(Cl)c1)C2. The molecular formula is C18H16Cl2FNO5S. The maximum absolute atomic E-state index is 13.4. The number of hydrogen-bond acceptors (Lipinski definition) is 5. The largest absolute Gasteiger partial charge is 0.493 e. The molecule has 1 heterocycles. The normalized spacial score (nSPS) is 13.6. The first-order valence-electron chi connectivity index (χ1n) is 8.05. The standard InChI is InChI=1S/C18H16Cl2FNO5S/c1-9-15(26-2)16(27-3)14-11(17(9)28(20,24)25)8-22(18(14)23)7-10-4-5-13(21)12(19)6-10/h4-6H,7-8H2,1-3H3. The Balaban J connectivity index is 2.14. The smallest absolute Gasteiger partial charge is 0.262 e. The molecule has 0 saturated carbocycles. The van der Waals surface area contributed by atoms with Crippen molar-refractivity contribution in [2.75, 3.05) is 14.2 Å². The van der Waals surface area contributed by atoms with E-state index in [-0.39, 0.29) is 51.2 Å². The van der Waals surface area contributed by atoms with Gasteiger partial charge in [0.1, 0.15) is 5.82 Å². The number of carbonyl (C=O) groups excluding carboxylic acids is 1. The van der Waals surface area contributed by atoms with Gasteiger partial charge in [-0.1, -0.05) is 17.7 Å². The topological polar surface area (TPSA) is 72.9 Å². The van der Waals surface area contributed by atoms with Crippen LogP contribution in [0.25, 0.3) is 0 Å². The lowest BCUT2D eigenvalue weighted by molar-refractivity contribution is 0.0763. The molecule has 0 saturated heterocycles. The Hall–Kier alpha value is -2.03. The predicted molar refractivity (Wildman–Crippen MR) is 102 cm³/mol. The van der Waals surface area contributed by atoms with E-state index in [4.69, 9.17) is 31.8 Å². The molecule has 2 aromatic carbocycles. The van der Waals surface area contributed by atoms with E-state index in [0.717, 1.165) is 0 Å². The van der Waals surface area contributed by atoms with Gasteiger partial charge >= 0.3 is 0 Å². The van der Waals surface area contributed by atoms with Crippen LogP contribution in [-0.2, 0) is 22.1 Å². The van der Waals surface area contributed by atoms with E-state index in [1.54, 1.807) is 0 Å². The summed E-state index contributed by atoms with van der Waals surface area (Å²) in [6, 6.07) is 4.11. The van der Waals surface area contributed by atoms with Gasteiger partial charge in [0.05, 0.1) is 29.7 Å². The first-order valence-corrected chi connectivity index (χ1v) is 10.7. The number of benzene rings is 2. The Morgan fingerprint density at radius 1 is 1.21 bits per heavy atom. The van der Waals surface area contributed by atoms with Crippen molar-refractivity contribution in [1.29, 1.82) is 0 Å². The number of ether oxygens (including phenoxy) is 2. The average Bonchev–Trinajstić information content (AvgIpc) is 2.91. The van der Waals surface area contributed by atoms with Gasteiger partial charge in [-0.05, 0) is 24.6 Å². The summed E-state index contributed by atoms with van der Waals surface area (Å²) in [5.41, 5.74) is 1.17. The van der Waals surface area contributed by atoms with Gasteiger partial charge < -0.3 is 14.4 Å². The first-order chi connectivity index (χ1) is 13.1. The minimum Gasteiger partial charge on any atom is -0.493 e. The molecule has 1 amide bonds. The number of carbonyl (C=O) groups is 1. The fraction of sp³-hybridized carbons (Fsp3) is 0.278. The zero-order chi connectivity index (χ0) is 20.8. The van der Waals surface area contributed by atoms with E-state index in [2.05, 4.69) is 0 Å². The number of fused-ring (bicyclic) bond motifs is 1. The van der Waals surface area contributed by atoms with Crippen LogP contribution in [-0.4, -0.2) is 33.4 Å². The molecule has 0 atom stereocenters. The van der Waals surface area contributed by atoms with Gasteiger partial charge in [-0.3, -0.25) is 4.79 Å². The Morgan fingerprint density at radius 3 is 2.39 bits per heavy atom. The van der Waals surface area contributed by atoms with Gasteiger partial charge in [0.2, 0.25) is 0 Å². The summed E-state index contributed by atoms with van der Waals surface area (Å²) in [6.45, 7) is 1.62.